The van der Waals surface area contributed by atoms with Crippen molar-refractivity contribution in [2.24, 2.45) is 0 Å². The molecule has 3 amide bonds. The molecule has 0 aromatic heterocycles. The molecular formula is C22H20N2O4S. The van der Waals surface area contributed by atoms with Crippen molar-refractivity contribution in [3.63, 3.8) is 0 Å². The minimum atomic E-state index is -0.389. The molecule has 1 aliphatic rings. The van der Waals surface area contributed by atoms with Crippen LogP contribution in [-0.4, -0.2) is 34.3 Å². The molecule has 0 bridgehead atoms. The zero-order valence-corrected chi connectivity index (χ0v) is 16.9. The van der Waals surface area contributed by atoms with Gasteiger partial charge < -0.3 is 5.32 Å². The van der Waals surface area contributed by atoms with E-state index in [-0.39, 0.29) is 35.8 Å². The number of rotatable bonds is 6. The van der Waals surface area contributed by atoms with Crippen LogP contribution in [0.2, 0.25) is 0 Å². The van der Waals surface area contributed by atoms with Crippen LogP contribution in [0, 0.1) is 6.92 Å². The molecule has 1 heterocycles. The number of carbonyl (C=O) groups is 4. The van der Waals surface area contributed by atoms with Crippen LogP contribution in [0.25, 0.3) is 6.08 Å². The zero-order valence-electron chi connectivity index (χ0n) is 16.1. The summed E-state index contributed by atoms with van der Waals surface area (Å²) in [6, 6.07) is 14.2. The van der Waals surface area contributed by atoms with Crippen molar-refractivity contribution in [2.75, 3.05) is 11.9 Å². The highest BCUT2D eigenvalue weighted by atomic mass is 32.2. The quantitative estimate of drug-likeness (QED) is 0.570. The molecule has 0 aliphatic carbocycles. The summed E-state index contributed by atoms with van der Waals surface area (Å²) in [5.74, 6) is -0.761. The molecule has 0 atom stereocenters. The number of Topliss-reactive ketones (excluding diaryl/α,β-unsaturated/α-hetero) is 1. The van der Waals surface area contributed by atoms with Crippen molar-refractivity contribution in [1.29, 1.82) is 0 Å². The van der Waals surface area contributed by atoms with Gasteiger partial charge in [-0.05, 0) is 61.5 Å². The van der Waals surface area contributed by atoms with E-state index in [1.807, 2.05) is 31.2 Å². The maximum atomic E-state index is 12.5. The van der Waals surface area contributed by atoms with Crippen LogP contribution in [0.1, 0.15) is 34.8 Å². The lowest BCUT2D eigenvalue weighted by molar-refractivity contribution is -0.123. The molecule has 7 heteroatoms. The molecule has 1 N–H and O–H groups in total. The number of nitrogens with one attached hydrogen (secondary N) is 1. The third-order valence-electron chi connectivity index (χ3n) is 4.35. The summed E-state index contributed by atoms with van der Waals surface area (Å²) < 4.78 is 0. The predicted octanol–water partition coefficient (Wildman–Crippen LogP) is 4.26. The molecule has 2 aromatic rings. The Balaban J connectivity index is 1.58. The average molecular weight is 408 g/mol. The van der Waals surface area contributed by atoms with Crippen LogP contribution in [-0.2, 0) is 9.59 Å². The van der Waals surface area contributed by atoms with E-state index in [1.54, 1.807) is 30.3 Å². The first-order valence-electron chi connectivity index (χ1n) is 9.06. The van der Waals surface area contributed by atoms with Gasteiger partial charge in [-0.25, -0.2) is 0 Å². The molecule has 0 saturated carbocycles. The lowest BCUT2D eigenvalue weighted by Crippen LogP contribution is -2.31. The fourth-order valence-corrected chi connectivity index (χ4v) is 3.69. The molecule has 1 fully saturated rings. The first-order valence-corrected chi connectivity index (χ1v) is 9.88. The Morgan fingerprint density at radius 1 is 1.10 bits per heavy atom. The molecule has 29 heavy (non-hydrogen) atoms. The Bertz CT molecular complexity index is 1010. The summed E-state index contributed by atoms with van der Waals surface area (Å²) in [5, 5.41) is 2.32. The summed E-state index contributed by atoms with van der Waals surface area (Å²) in [4.78, 5) is 49.6. The number of hydrogen-bond acceptors (Lipinski definition) is 5. The number of hydrogen-bond donors (Lipinski definition) is 1. The number of anilines is 1. The fourth-order valence-electron chi connectivity index (χ4n) is 2.83. The van der Waals surface area contributed by atoms with Gasteiger partial charge in [0, 0.05) is 24.2 Å². The molecule has 0 radical (unpaired) electrons. The van der Waals surface area contributed by atoms with Gasteiger partial charge >= 0.3 is 0 Å². The Morgan fingerprint density at radius 3 is 2.48 bits per heavy atom. The molecule has 2 aromatic carbocycles. The Kier molecular flexibility index (Phi) is 6.29. The van der Waals surface area contributed by atoms with Gasteiger partial charge in [0.1, 0.15) is 0 Å². The maximum absolute atomic E-state index is 12.5. The number of imide groups is 1. The first kappa shape index (κ1) is 20.5. The summed E-state index contributed by atoms with van der Waals surface area (Å²) in [5.41, 5.74) is 3.02. The second kappa shape index (κ2) is 8.87. The fraction of sp³-hybridized carbons (Fsp3) is 0.182. The number of nitrogens with zero attached hydrogens (tertiary/aromatic N) is 1. The van der Waals surface area contributed by atoms with E-state index in [1.165, 1.54) is 6.92 Å². The van der Waals surface area contributed by atoms with Crippen LogP contribution in [0.15, 0.2) is 53.4 Å². The Hall–Kier alpha value is -3.19. The Labute approximate surface area is 173 Å². The number of ketones is 1. The summed E-state index contributed by atoms with van der Waals surface area (Å²) in [7, 11) is 0. The van der Waals surface area contributed by atoms with Crippen LogP contribution in [0.5, 0.6) is 0 Å². The topological polar surface area (TPSA) is 83.6 Å². The van der Waals surface area contributed by atoms with E-state index < -0.39 is 0 Å². The normalized spacial score (nSPS) is 15.1. The Morgan fingerprint density at radius 2 is 1.83 bits per heavy atom. The van der Waals surface area contributed by atoms with Crippen molar-refractivity contribution in [1.82, 2.24) is 4.90 Å². The SMILES string of the molecule is CC(=O)c1ccc(NC(=O)CCN2C(=O)S/C(=C/c3cccc(C)c3)C2=O)cc1. The van der Waals surface area contributed by atoms with Gasteiger partial charge in [0.2, 0.25) is 5.91 Å². The number of thioether (sulfide) groups is 1. The van der Waals surface area contributed by atoms with Crippen molar-refractivity contribution in [3.8, 4) is 0 Å². The lowest BCUT2D eigenvalue weighted by atomic mass is 10.1. The van der Waals surface area contributed by atoms with Gasteiger partial charge in [0.25, 0.3) is 11.1 Å². The summed E-state index contributed by atoms with van der Waals surface area (Å²) >= 11 is 0.877. The highest BCUT2D eigenvalue weighted by Gasteiger charge is 2.35. The van der Waals surface area contributed by atoms with Crippen LogP contribution in [0.4, 0.5) is 10.5 Å². The minimum absolute atomic E-state index is 0.00713. The summed E-state index contributed by atoms with van der Waals surface area (Å²) in [6.45, 7) is 3.43. The van der Waals surface area contributed by atoms with Gasteiger partial charge in [0.05, 0.1) is 4.91 Å². The van der Waals surface area contributed by atoms with Gasteiger partial charge in [-0.1, -0.05) is 29.8 Å². The van der Waals surface area contributed by atoms with E-state index in [4.69, 9.17) is 0 Å². The molecule has 148 valence electrons. The highest BCUT2D eigenvalue weighted by molar-refractivity contribution is 8.18. The van der Waals surface area contributed by atoms with E-state index in [9.17, 15) is 19.2 Å². The predicted molar refractivity (Wildman–Crippen MR) is 114 cm³/mol. The zero-order chi connectivity index (χ0) is 21.0. The van der Waals surface area contributed by atoms with E-state index in [2.05, 4.69) is 5.32 Å². The van der Waals surface area contributed by atoms with Crippen molar-refractivity contribution >= 4 is 46.4 Å². The summed E-state index contributed by atoms with van der Waals surface area (Å²) in [6.07, 6.45) is 1.68. The van der Waals surface area contributed by atoms with Gasteiger partial charge in [0.15, 0.2) is 5.78 Å². The second-order valence-electron chi connectivity index (χ2n) is 6.68. The molecule has 1 aliphatic heterocycles. The number of carbonyl (C=O) groups excluding carboxylic acids is 4. The van der Waals surface area contributed by atoms with Crippen molar-refractivity contribution in [2.45, 2.75) is 20.3 Å². The van der Waals surface area contributed by atoms with E-state index in [0.29, 0.717) is 16.2 Å². The second-order valence-corrected chi connectivity index (χ2v) is 7.67. The maximum Gasteiger partial charge on any atom is 0.293 e. The van der Waals surface area contributed by atoms with Gasteiger partial charge in [-0.15, -0.1) is 0 Å². The molecule has 3 rings (SSSR count). The van der Waals surface area contributed by atoms with Crippen molar-refractivity contribution < 1.29 is 19.2 Å². The monoisotopic (exact) mass is 408 g/mol. The van der Waals surface area contributed by atoms with Crippen LogP contribution < -0.4 is 5.32 Å². The molecular weight excluding hydrogens is 388 g/mol. The largest absolute Gasteiger partial charge is 0.326 e. The average Bonchev–Trinajstić information content (AvgIpc) is 2.93. The third-order valence-corrected chi connectivity index (χ3v) is 5.26. The van der Waals surface area contributed by atoms with E-state index in [0.717, 1.165) is 27.8 Å². The van der Waals surface area contributed by atoms with Crippen LogP contribution in [0.3, 0.4) is 0 Å². The smallest absolute Gasteiger partial charge is 0.293 e. The molecule has 0 spiro atoms. The third kappa shape index (κ3) is 5.20. The highest BCUT2D eigenvalue weighted by Crippen LogP contribution is 2.32. The van der Waals surface area contributed by atoms with Gasteiger partial charge in [-0.3, -0.25) is 24.1 Å². The van der Waals surface area contributed by atoms with E-state index >= 15 is 0 Å². The lowest BCUT2D eigenvalue weighted by Gasteiger charge is -2.12. The molecule has 6 nitrogen and oxygen atoms in total. The standard InChI is InChI=1S/C22H20N2O4S/c1-14-4-3-5-16(12-14)13-19-21(27)24(22(28)29-19)11-10-20(26)23-18-8-6-17(7-9-18)15(2)25/h3-9,12-13H,10-11H2,1-2H3,(H,23,26)/b19-13+. The number of benzene rings is 2. The number of amides is 3. The van der Waals surface area contributed by atoms with Gasteiger partial charge in [-0.2, -0.15) is 0 Å². The molecule has 1 saturated heterocycles. The molecule has 0 unspecified atom stereocenters. The minimum Gasteiger partial charge on any atom is -0.326 e. The first-order chi connectivity index (χ1) is 13.8. The number of aryl methyl sites for hydroxylation is 1. The van der Waals surface area contributed by atoms with Crippen LogP contribution >= 0.6 is 11.8 Å². The van der Waals surface area contributed by atoms with Crippen molar-refractivity contribution in [3.05, 3.63) is 70.1 Å².